The van der Waals surface area contributed by atoms with Crippen molar-refractivity contribution in [3.8, 4) is 5.75 Å². The Kier molecular flexibility index (Phi) is 10.5. The van der Waals surface area contributed by atoms with Crippen molar-refractivity contribution < 1.29 is 14.3 Å². The monoisotopic (exact) mass is 641 g/mol. The third-order valence-corrected chi connectivity index (χ3v) is 10.6. The number of urea groups is 1. The molecule has 4 heterocycles. The van der Waals surface area contributed by atoms with Crippen molar-refractivity contribution in [2.75, 3.05) is 75.3 Å². The van der Waals surface area contributed by atoms with Crippen LogP contribution in [0, 0.1) is 0 Å². The number of unbranched alkanes of at least 4 members (excludes halogenated alkanes) is 1. The van der Waals surface area contributed by atoms with Gasteiger partial charge in [-0.15, -0.1) is 0 Å². The molecule has 0 bridgehead atoms. The molecule has 6 rings (SSSR count). The molecule has 3 saturated heterocycles. The lowest BCUT2D eigenvalue weighted by Gasteiger charge is -2.41. The molecular weight excluding hydrogens is 597 g/mol. The number of ether oxygens (including phenoxy) is 1. The number of anilines is 2. The summed E-state index contributed by atoms with van der Waals surface area (Å²) in [5.74, 6) is 0.600. The number of halogens is 2. The summed E-state index contributed by atoms with van der Waals surface area (Å²) in [7, 11) is 0. The highest BCUT2D eigenvalue weighted by atomic mass is 35.5. The number of carbonyl (C=O) groups excluding carboxylic acids is 2. The molecule has 0 saturated carbocycles. The number of carbonyl (C=O) groups is 2. The van der Waals surface area contributed by atoms with Gasteiger partial charge in [-0.05, 0) is 88.3 Å². The van der Waals surface area contributed by atoms with Gasteiger partial charge in [-0.1, -0.05) is 41.8 Å². The van der Waals surface area contributed by atoms with Crippen molar-refractivity contribution in [2.45, 2.75) is 63.8 Å². The average molecular weight is 643 g/mol. The summed E-state index contributed by atoms with van der Waals surface area (Å²) in [6.45, 7) is 9.22. The Hall–Kier alpha value is -2.52. The number of fused-ring (bicyclic) bond motifs is 1. The van der Waals surface area contributed by atoms with E-state index in [1.165, 1.54) is 37.3 Å². The molecule has 0 unspecified atom stereocenters. The van der Waals surface area contributed by atoms with E-state index in [1.807, 2.05) is 41.3 Å². The normalized spacial score (nSPS) is 20.6. The Bertz CT molecular complexity index is 1300. The molecule has 0 aliphatic carbocycles. The highest BCUT2D eigenvalue weighted by molar-refractivity contribution is 6.43. The van der Waals surface area contributed by atoms with Crippen molar-refractivity contribution in [1.29, 1.82) is 0 Å². The van der Waals surface area contributed by atoms with Crippen LogP contribution in [0.4, 0.5) is 16.2 Å². The van der Waals surface area contributed by atoms with Crippen LogP contribution in [-0.2, 0) is 11.2 Å². The third kappa shape index (κ3) is 7.30. The zero-order chi connectivity index (χ0) is 30.5. The zero-order valence-electron chi connectivity index (χ0n) is 25.7. The van der Waals surface area contributed by atoms with E-state index in [4.69, 9.17) is 27.9 Å². The fourth-order valence-corrected chi connectivity index (χ4v) is 7.59. The van der Waals surface area contributed by atoms with Crippen LogP contribution in [0.2, 0.25) is 10.0 Å². The first-order valence-electron chi connectivity index (χ1n) is 16.5. The number of rotatable bonds is 8. The number of amides is 3. The molecule has 0 radical (unpaired) electrons. The Labute approximate surface area is 271 Å². The number of imide groups is 1. The number of piperazine rings is 1. The molecule has 2 aromatic carbocycles. The summed E-state index contributed by atoms with van der Waals surface area (Å²) in [5, 5.41) is 1.23. The summed E-state index contributed by atoms with van der Waals surface area (Å²) in [5.41, 5.74) is 2.74. The Morgan fingerprint density at radius 3 is 2.39 bits per heavy atom. The van der Waals surface area contributed by atoms with E-state index >= 15 is 0 Å². The van der Waals surface area contributed by atoms with Gasteiger partial charge in [0.05, 0.1) is 28.0 Å². The summed E-state index contributed by atoms with van der Waals surface area (Å²) in [6.07, 6.45) is 8.85. The molecular formula is C34H45Cl2N5O3. The highest BCUT2D eigenvalue weighted by Crippen LogP contribution is 2.34. The van der Waals surface area contributed by atoms with Crippen LogP contribution in [0.15, 0.2) is 36.4 Å². The van der Waals surface area contributed by atoms with E-state index < -0.39 is 0 Å². The second-order valence-corrected chi connectivity index (χ2v) is 13.4. The third-order valence-electron chi connectivity index (χ3n) is 9.77. The van der Waals surface area contributed by atoms with Crippen molar-refractivity contribution in [3.05, 3.63) is 52.0 Å². The van der Waals surface area contributed by atoms with Crippen molar-refractivity contribution >= 4 is 46.5 Å². The van der Waals surface area contributed by atoms with Crippen LogP contribution in [0.5, 0.6) is 5.75 Å². The van der Waals surface area contributed by atoms with E-state index in [0.29, 0.717) is 60.1 Å². The molecule has 3 fully saturated rings. The van der Waals surface area contributed by atoms with E-state index in [1.54, 1.807) is 0 Å². The molecule has 0 aromatic heterocycles. The van der Waals surface area contributed by atoms with Gasteiger partial charge in [0.1, 0.15) is 5.75 Å². The minimum atomic E-state index is -0.178. The van der Waals surface area contributed by atoms with Gasteiger partial charge in [-0.2, -0.15) is 0 Å². The van der Waals surface area contributed by atoms with Crippen LogP contribution in [-0.4, -0.2) is 98.2 Å². The van der Waals surface area contributed by atoms with Crippen LogP contribution < -0.4 is 14.5 Å². The minimum absolute atomic E-state index is 0.115. The highest BCUT2D eigenvalue weighted by Gasteiger charge is 2.35. The fourth-order valence-electron chi connectivity index (χ4n) is 7.17. The molecule has 238 valence electrons. The molecule has 10 heteroatoms. The largest absolute Gasteiger partial charge is 0.494 e. The Balaban J connectivity index is 0.961. The maximum absolute atomic E-state index is 13.7. The second-order valence-electron chi connectivity index (χ2n) is 12.6. The lowest BCUT2D eigenvalue weighted by Crippen LogP contribution is -2.53. The SMILES string of the molecule is O=C1CCc2ccc(OCCCCN3CCN(c4cccc(Cl)c4Cl)CC3)cc2N1C(=O)N1CCC(N2CCCCC2)CC1. The summed E-state index contributed by atoms with van der Waals surface area (Å²) in [6, 6.07) is 12.1. The van der Waals surface area contributed by atoms with Gasteiger partial charge in [0, 0.05) is 57.8 Å². The standard InChI is InChI=1S/C34H45Cl2N5O3/c35-29-7-6-8-30(33(29)36)39-22-20-37(21-23-39)15-4-5-24-44-28-11-9-26-10-12-32(42)41(31(26)25-28)34(43)40-18-13-27(14-19-40)38-16-2-1-3-17-38/h6-9,11,25,27H,1-5,10,12-24H2. The second kappa shape index (κ2) is 14.7. The Morgan fingerprint density at radius 2 is 1.61 bits per heavy atom. The smallest absolute Gasteiger partial charge is 0.331 e. The van der Waals surface area contributed by atoms with Gasteiger partial charge in [0.25, 0.3) is 0 Å². The number of likely N-dealkylation sites (tertiary alicyclic amines) is 2. The molecule has 0 N–H and O–H groups in total. The predicted octanol–water partition coefficient (Wildman–Crippen LogP) is 6.32. The lowest BCUT2D eigenvalue weighted by molar-refractivity contribution is -0.118. The molecule has 8 nitrogen and oxygen atoms in total. The summed E-state index contributed by atoms with van der Waals surface area (Å²) < 4.78 is 6.13. The average Bonchev–Trinajstić information content (AvgIpc) is 3.06. The zero-order valence-corrected chi connectivity index (χ0v) is 27.2. The van der Waals surface area contributed by atoms with Gasteiger partial charge in [0.2, 0.25) is 5.91 Å². The number of aryl methyl sites for hydroxylation is 1. The molecule has 0 atom stereocenters. The quantitative estimate of drug-likeness (QED) is 0.314. The number of nitrogens with zero attached hydrogens (tertiary/aromatic N) is 5. The molecule has 3 amide bonds. The maximum atomic E-state index is 13.7. The van der Waals surface area contributed by atoms with E-state index in [9.17, 15) is 9.59 Å². The molecule has 4 aliphatic heterocycles. The molecule has 2 aromatic rings. The number of benzene rings is 2. The predicted molar refractivity (Wildman–Crippen MR) is 178 cm³/mol. The molecule has 44 heavy (non-hydrogen) atoms. The number of hydrogen-bond acceptors (Lipinski definition) is 6. The minimum Gasteiger partial charge on any atom is -0.494 e. The van der Waals surface area contributed by atoms with Crippen molar-refractivity contribution in [1.82, 2.24) is 14.7 Å². The topological polar surface area (TPSA) is 59.6 Å². The van der Waals surface area contributed by atoms with Crippen molar-refractivity contribution in [3.63, 3.8) is 0 Å². The number of piperidine rings is 2. The first kappa shape index (κ1) is 31.5. The van der Waals surface area contributed by atoms with E-state index in [0.717, 1.165) is 69.7 Å². The van der Waals surface area contributed by atoms with Crippen LogP contribution in [0.25, 0.3) is 0 Å². The van der Waals surface area contributed by atoms with Gasteiger partial charge >= 0.3 is 6.03 Å². The fraction of sp³-hybridized carbons (Fsp3) is 0.588. The van der Waals surface area contributed by atoms with E-state index in [-0.39, 0.29) is 11.9 Å². The van der Waals surface area contributed by atoms with Gasteiger partial charge in [-0.25, -0.2) is 9.69 Å². The Morgan fingerprint density at radius 1 is 0.841 bits per heavy atom. The van der Waals surface area contributed by atoms with Crippen LogP contribution in [0.1, 0.15) is 56.9 Å². The lowest BCUT2D eigenvalue weighted by atomic mass is 9.99. The van der Waals surface area contributed by atoms with Gasteiger partial charge in [0.15, 0.2) is 0 Å². The van der Waals surface area contributed by atoms with Crippen LogP contribution >= 0.6 is 23.2 Å². The van der Waals surface area contributed by atoms with Crippen LogP contribution in [0.3, 0.4) is 0 Å². The summed E-state index contributed by atoms with van der Waals surface area (Å²) >= 11 is 12.6. The first-order valence-corrected chi connectivity index (χ1v) is 17.3. The van der Waals surface area contributed by atoms with E-state index in [2.05, 4.69) is 14.7 Å². The number of hydrogen-bond donors (Lipinski definition) is 0. The molecule has 0 spiro atoms. The van der Waals surface area contributed by atoms with Crippen molar-refractivity contribution in [2.24, 2.45) is 0 Å². The van der Waals surface area contributed by atoms with Gasteiger partial charge in [-0.3, -0.25) is 9.69 Å². The maximum Gasteiger partial charge on any atom is 0.331 e. The summed E-state index contributed by atoms with van der Waals surface area (Å²) in [4.78, 5) is 37.4. The molecule has 4 aliphatic rings. The van der Waals surface area contributed by atoms with Gasteiger partial charge < -0.3 is 19.4 Å². The first-order chi connectivity index (χ1) is 21.5.